The monoisotopic (exact) mass is 278 g/mol. The number of hydrogen-bond acceptors (Lipinski definition) is 3. The van der Waals surface area contributed by atoms with E-state index in [2.05, 4.69) is 32.2 Å². The lowest BCUT2D eigenvalue weighted by atomic mass is 10.1. The Labute approximate surface area is 122 Å². The summed E-state index contributed by atoms with van der Waals surface area (Å²) in [5.41, 5.74) is 2.27. The second kappa shape index (κ2) is 7.29. The number of nitrogens with zero attached hydrogens (tertiary/aromatic N) is 1. The minimum absolute atomic E-state index is 0.0339. The molecule has 20 heavy (non-hydrogen) atoms. The fraction of sp³-hybridized carbons (Fsp3) is 0.562. The van der Waals surface area contributed by atoms with Crippen LogP contribution in [0.3, 0.4) is 0 Å². The van der Waals surface area contributed by atoms with Crippen molar-refractivity contribution in [2.24, 2.45) is 0 Å². The zero-order valence-corrected chi connectivity index (χ0v) is 13.4. The maximum atomic E-state index is 11.9. The van der Waals surface area contributed by atoms with E-state index < -0.39 is 6.10 Å². The number of aryl methyl sites for hydroxylation is 1. The SMILES string of the molecule is Cc1ccc(OC(C)C(=O)N(C)C)c(CNC(C)C)c1. The Balaban J connectivity index is 2.85. The molecule has 0 saturated carbocycles. The van der Waals surface area contributed by atoms with Gasteiger partial charge in [-0.05, 0) is 19.9 Å². The van der Waals surface area contributed by atoms with Crippen LogP contribution in [0.4, 0.5) is 0 Å². The first kappa shape index (κ1) is 16.5. The molecular formula is C16H26N2O2. The van der Waals surface area contributed by atoms with Gasteiger partial charge in [0.15, 0.2) is 6.10 Å². The van der Waals surface area contributed by atoms with Crippen LogP contribution < -0.4 is 10.1 Å². The Kier molecular flexibility index (Phi) is 6.02. The molecule has 0 aromatic heterocycles. The summed E-state index contributed by atoms with van der Waals surface area (Å²) in [7, 11) is 3.47. The van der Waals surface area contributed by atoms with Gasteiger partial charge in [0.25, 0.3) is 5.91 Å². The van der Waals surface area contributed by atoms with Crippen molar-refractivity contribution in [1.29, 1.82) is 0 Å². The van der Waals surface area contributed by atoms with Crippen molar-refractivity contribution in [2.45, 2.75) is 46.4 Å². The average Bonchev–Trinajstić information content (AvgIpc) is 2.37. The molecule has 1 aromatic rings. The van der Waals surface area contributed by atoms with E-state index >= 15 is 0 Å². The van der Waals surface area contributed by atoms with E-state index in [1.54, 1.807) is 25.9 Å². The number of hydrogen-bond donors (Lipinski definition) is 1. The Morgan fingerprint density at radius 2 is 1.95 bits per heavy atom. The minimum atomic E-state index is -0.481. The van der Waals surface area contributed by atoms with Crippen molar-refractivity contribution in [3.8, 4) is 5.75 Å². The molecule has 112 valence electrons. The normalized spacial score (nSPS) is 12.3. The van der Waals surface area contributed by atoms with Gasteiger partial charge in [-0.1, -0.05) is 31.5 Å². The third-order valence-corrected chi connectivity index (χ3v) is 3.01. The van der Waals surface area contributed by atoms with Gasteiger partial charge in [-0.2, -0.15) is 0 Å². The molecule has 0 aliphatic carbocycles. The number of nitrogens with one attached hydrogen (secondary N) is 1. The number of carbonyl (C=O) groups excluding carboxylic acids is 1. The van der Waals surface area contributed by atoms with Crippen molar-refractivity contribution < 1.29 is 9.53 Å². The fourth-order valence-corrected chi connectivity index (χ4v) is 1.88. The van der Waals surface area contributed by atoms with Crippen molar-refractivity contribution in [1.82, 2.24) is 10.2 Å². The second-order valence-electron chi connectivity index (χ2n) is 5.64. The van der Waals surface area contributed by atoms with Crippen LogP contribution in [0.1, 0.15) is 31.9 Å². The quantitative estimate of drug-likeness (QED) is 0.868. The molecule has 1 atom stereocenters. The van der Waals surface area contributed by atoms with Crippen molar-refractivity contribution in [2.75, 3.05) is 14.1 Å². The van der Waals surface area contributed by atoms with Gasteiger partial charge in [0.05, 0.1) is 0 Å². The fourth-order valence-electron chi connectivity index (χ4n) is 1.88. The first-order valence-corrected chi connectivity index (χ1v) is 7.02. The lowest BCUT2D eigenvalue weighted by molar-refractivity contribution is -0.135. The Morgan fingerprint density at radius 3 is 2.50 bits per heavy atom. The minimum Gasteiger partial charge on any atom is -0.481 e. The molecule has 0 saturated heterocycles. The predicted octanol–water partition coefficient (Wildman–Crippen LogP) is 2.35. The largest absolute Gasteiger partial charge is 0.481 e. The molecule has 0 fully saturated rings. The topological polar surface area (TPSA) is 41.6 Å². The summed E-state index contributed by atoms with van der Waals surface area (Å²) >= 11 is 0. The van der Waals surface area contributed by atoms with Crippen LogP contribution in [-0.4, -0.2) is 37.0 Å². The molecule has 0 radical (unpaired) electrons. The van der Waals surface area contributed by atoms with E-state index in [1.807, 2.05) is 12.1 Å². The second-order valence-corrected chi connectivity index (χ2v) is 5.64. The third kappa shape index (κ3) is 4.85. The molecule has 4 nitrogen and oxygen atoms in total. The molecule has 4 heteroatoms. The number of rotatable bonds is 6. The highest BCUT2D eigenvalue weighted by Crippen LogP contribution is 2.21. The highest BCUT2D eigenvalue weighted by molar-refractivity contribution is 5.80. The standard InChI is InChI=1S/C16H26N2O2/c1-11(2)17-10-14-9-12(3)7-8-15(14)20-13(4)16(19)18(5)6/h7-9,11,13,17H,10H2,1-6H3. The first-order valence-electron chi connectivity index (χ1n) is 7.02. The first-order chi connectivity index (χ1) is 9.31. The summed E-state index contributed by atoms with van der Waals surface area (Å²) in [5.74, 6) is 0.736. The van der Waals surface area contributed by atoms with Gasteiger partial charge in [-0.25, -0.2) is 0 Å². The molecule has 0 spiro atoms. The molecule has 1 N–H and O–H groups in total. The summed E-state index contributed by atoms with van der Waals surface area (Å²) in [6.07, 6.45) is -0.481. The van der Waals surface area contributed by atoms with Gasteiger partial charge in [-0.15, -0.1) is 0 Å². The van der Waals surface area contributed by atoms with Crippen LogP contribution in [0, 0.1) is 6.92 Å². The van der Waals surface area contributed by atoms with Crippen LogP contribution in [0.5, 0.6) is 5.75 Å². The van der Waals surface area contributed by atoms with Crippen molar-refractivity contribution in [3.63, 3.8) is 0 Å². The molecule has 0 heterocycles. The van der Waals surface area contributed by atoms with Gasteiger partial charge in [0, 0.05) is 32.2 Å². The van der Waals surface area contributed by atoms with Gasteiger partial charge in [0.2, 0.25) is 0 Å². The Bertz CT molecular complexity index is 456. The van der Waals surface area contributed by atoms with Crippen LogP contribution in [0.2, 0.25) is 0 Å². The molecule has 1 unspecified atom stereocenters. The van der Waals surface area contributed by atoms with E-state index in [4.69, 9.17) is 4.74 Å². The van der Waals surface area contributed by atoms with Crippen molar-refractivity contribution in [3.05, 3.63) is 29.3 Å². The van der Waals surface area contributed by atoms with E-state index in [0.29, 0.717) is 6.04 Å². The number of carbonyl (C=O) groups is 1. The Morgan fingerprint density at radius 1 is 1.30 bits per heavy atom. The summed E-state index contributed by atoms with van der Waals surface area (Å²) in [6.45, 7) is 8.78. The molecule has 0 bridgehead atoms. The molecule has 0 aliphatic heterocycles. The third-order valence-electron chi connectivity index (χ3n) is 3.01. The zero-order chi connectivity index (χ0) is 15.3. The van der Waals surface area contributed by atoms with Crippen LogP contribution in [-0.2, 0) is 11.3 Å². The number of ether oxygens (including phenoxy) is 1. The predicted molar refractivity (Wildman–Crippen MR) is 81.9 cm³/mol. The number of amides is 1. The maximum Gasteiger partial charge on any atom is 0.262 e. The van der Waals surface area contributed by atoms with Gasteiger partial charge in [-0.3, -0.25) is 4.79 Å². The molecular weight excluding hydrogens is 252 g/mol. The lowest BCUT2D eigenvalue weighted by Crippen LogP contribution is -2.35. The van der Waals surface area contributed by atoms with Crippen molar-refractivity contribution >= 4 is 5.91 Å². The van der Waals surface area contributed by atoms with E-state index in [9.17, 15) is 4.79 Å². The zero-order valence-electron chi connectivity index (χ0n) is 13.4. The van der Waals surface area contributed by atoms with Crippen LogP contribution in [0.25, 0.3) is 0 Å². The highest BCUT2D eigenvalue weighted by Gasteiger charge is 2.18. The smallest absolute Gasteiger partial charge is 0.262 e. The molecule has 0 aliphatic rings. The average molecular weight is 278 g/mol. The van der Waals surface area contributed by atoms with Crippen LogP contribution >= 0.6 is 0 Å². The van der Waals surface area contributed by atoms with Gasteiger partial charge in [0.1, 0.15) is 5.75 Å². The molecule has 1 amide bonds. The summed E-state index contributed by atoms with van der Waals surface area (Å²) < 4.78 is 5.82. The lowest BCUT2D eigenvalue weighted by Gasteiger charge is -2.21. The summed E-state index contributed by atoms with van der Waals surface area (Å²) in [6, 6.07) is 6.44. The summed E-state index contributed by atoms with van der Waals surface area (Å²) in [5, 5.41) is 3.38. The van der Waals surface area contributed by atoms with E-state index in [-0.39, 0.29) is 5.91 Å². The van der Waals surface area contributed by atoms with Gasteiger partial charge >= 0.3 is 0 Å². The molecule has 1 aromatic carbocycles. The molecule has 1 rings (SSSR count). The number of benzene rings is 1. The van der Waals surface area contributed by atoms with E-state index in [0.717, 1.165) is 17.9 Å². The van der Waals surface area contributed by atoms with Crippen LogP contribution in [0.15, 0.2) is 18.2 Å². The number of likely N-dealkylation sites (N-methyl/N-ethyl adjacent to an activating group) is 1. The van der Waals surface area contributed by atoms with E-state index in [1.165, 1.54) is 5.56 Å². The Hall–Kier alpha value is -1.55. The maximum absolute atomic E-state index is 11.9. The van der Waals surface area contributed by atoms with Gasteiger partial charge < -0.3 is 15.0 Å². The summed E-state index contributed by atoms with van der Waals surface area (Å²) in [4.78, 5) is 13.4. The highest BCUT2D eigenvalue weighted by atomic mass is 16.5.